The Morgan fingerprint density at radius 1 is 1.61 bits per heavy atom. The lowest BCUT2D eigenvalue weighted by molar-refractivity contribution is -0.135. The van der Waals surface area contributed by atoms with Gasteiger partial charge in [-0.25, -0.2) is 15.0 Å². The fourth-order valence-electron chi connectivity index (χ4n) is 1.09. The first kappa shape index (κ1) is 14.0. The lowest BCUT2D eigenvalue weighted by Gasteiger charge is -2.14. The van der Waals surface area contributed by atoms with Crippen molar-refractivity contribution in [3.63, 3.8) is 0 Å². The number of carbonyl (C=O) groups excluding carboxylic acids is 3. The van der Waals surface area contributed by atoms with Gasteiger partial charge < -0.3 is 10.5 Å². The lowest BCUT2D eigenvalue weighted by Crippen LogP contribution is -2.47. The van der Waals surface area contributed by atoms with Crippen LogP contribution in [0.25, 0.3) is 0 Å². The molecule has 8 nitrogen and oxygen atoms in total. The van der Waals surface area contributed by atoms with E-state index in [0.29, 0.717) is 6.54 Å². The number of amidine groups is 1. The van der Waals surface area contributed by atoms with Crippen LogP contribution >= 0.6 is 11.8 Å². The molecule has 0 bridgehead atoms. The van der Waals surface area contributed by atoms with E-state index in [1.54, 1.807) is 6.92 Å². The summed E-state index contributed by atoms with van der Waals surface area (Å²) in [5, 5.41) is 1.14. The quantitative estimate of drug-likeness (QED) is 0.535. The molecule has 18 heavy (non-hydrogen) atoms. The average molecular weight is 272 g/mol. The standard InChI is InChI=1S/C9H12N4O4S/c1-3-11-9-13(12-8(10)16)7(15)5(18-9)4-6(14)17-2/h4H,3H2,1-2H3,(H3,10,12,16). The molecular weight excluding hydrogens is 260 g/mol. The summed E-state index contributed by atoms with van der Waals surface area (Å²) < 4.78 is 4.42. The van der Waals surface area contributed by atoms with E-state index in [4.69, 9.17) is 5.73 Å². The Bertz CT molecular complexity index is 446. The van der Waals surface area contributed by atoms with Gasteiger partial charge in [0, 0.05) is 12.6 Å². The van der Waals surface area contributed by atoms with E-state index in [2.05, 4.69) is 15.2 Å². The predicted molar refractivity (Wildman–Crippen MR) is 65.2 cm³/mol. The maximum atomic E-state index is 11.9. The van der Waals surface area contributed by atoms with Crippen LogP contribution in [-0.2, 0) is 14.3 Å². The molecule has 0 aliphatic carbocycles. The molecule has 0 atom stereocenters. The zero-order valence-corrected chi connectivity index (χ0v) is 10.6. The average Bonchev–Trinajstić information content (AvgIpc) is 2.58. The van der Waals surface area contributed by atoms with Crippen LogP contribution in [0.1, 0.15) is 6.92 Å². The minimum atomic E-state index is -0.896. The summed E-state index contributed by atoms with van der Waals surface area (Å²) in [5.74, 6) is -1.25. The van der Waals surface area contributed by atoms with E-state index >= 15 is 0 Å². The Balaban J connectivity index is 3.00. The summed E-state index contributed by atoms with van der Waals surface area (Å²) in [6, 6.07) is -0.896. The Kier molecular flexibility index (Phi) is 4.72. The Morgan fingerprint density at radius 2 is 2.28 bits per heavy atom. The number of urea groups is 1. The summed E-state index contributed by atoms with van der Waals surface area (Å²) in [6.45, 7) is 2.18. The van der Waals surface area contributed by atoms with E-state index in [-0.39, 0.29) is 10.1 Å². The predicted octanol–water partition coefficient (Wildman–Crippen LogP) is -0.422. The van der Waals surface area contributed by atoms with Crippen molar-refractivity contribution in [3.05, 3.63) is 11.0 Å². The monoisotopic (exact) mass is 272 g/mol. The molecule has 1 rings (SSSR count). The Morgan fingerprint density at radius 3 is 2.78 bits per heavy atom. The maximum absolute atomic E-state index is 11.9. The number of nitrogens with two attached hydrogens (primary N) is 1. The summed E-state index contributed by atoms with van der Waals surface area (Å²) in [5.41, 5.74) is 7.07. The molecule has 3 N–H and O–H groups in total. The number of methoxy groups -OCH3 is 1. The van der Waals surface area contributed by atoms with Crippen molar-refractivity contribution in [3.8, 4) is 0 Å². The number of amides is 3. The summed E-state index contributed by atoms with van der Waals surface area (Å²) >= 11 is 0.954. The van der Waals surface area contributed by atoms with Crippen molar-refractivity contribution in [1.29, 1.82) is 0 Å². The topological polar surface area (TPSA) is 114 Å². The van der Waals surface area contributed by atoms with E-state index in [1.807, 2.05) is 0 Å². The summed E-state index contributed by atoms with van der Waals surface area (Å²) in [4.78, 5) is 37.8. The maximum Gasteiger partial charge on any atom is 0.331 e. The number of hydrogen-bond donors (Lipinski definition) is 2. The highest BCUT2D eigenvalue weighted by Gasteiger charge is 2.35. The van der Waals surface area contributed by atoms with Crippen LogP contribution in [0, 0.1) is 0 Å². The van der Waals surface area contributed by atoms with E-state index in [9.17, 15) is 14.4 Å². The number of aliphatic imine (C=N–C) groups is 1. The molecule has 1 aliphatic rings. The molecule has 3 amide bonds. The van der Waals surface area contributed by atoms with Gasteiger partial charge >= 0.3 is 12.0 Å². The first-order valence-electron chi connectivity index (χ1n) is 4.92. The summed E-state index contributed by atoms with van der Waals surface area (Å²) in [6.07, 6.45) is 1.03. The second kappa shape index (κ2) is 6.05. The first-order valence-corrected chi connectivity index (χ1v) is 5.73. The van der Waals surface area contributed by atoms with Gasteiger partial charge in [0.25, 0.3) is 5.91 Å². The molecule has 0 unspecified atom stereocenters. The van der Waals surface area contributed by atoms with Crippen molar-refractivity contribution in [2.45, 2.75) is 6.92 Å². The minimum absolute atomic E-state index is 0.0998. The second-order valence-corrected chi connectivity index (χ2v) is 4.02. The van der Waals surface area contributed by atoms with E-state index in [1.165, 1.54) is 7.11 Å². The highest BCUT2D eigenvalue weighted by Crippen LogP contribution is 2.29. The van der Waals surface area contributed by atoms with Gasteiger partial charge in [0.15, 0.2) is 5.17 Å². The number of hydrazine groups is 1. The number of rotatable bonds is 3. The molecule has 0 aromatic heterocycles. The van der Waals surface area contributed by atoms with Crippen LogP contribution in [0.2, 0.25) is 0 Å². The fourth-order valence-corrected chi connectivity index (χ4v) is 2.03. The van der Waals surface area contributed by atoms with Crippen LogP contribution in [0.15, 0.2) is 16.0 Å². The van der Waals surface area contributed by atoms with Gasteiger partial charge in [-0.3, -0.25) is 9.79 Å². The molecule has 1 aliphatic heterocycles. The van der Waals surface area contributed by atoms with Gasteiger partial charge in [-0.1, -0.05) is 0 Å². The largest absolute Gasteiger partial charge is 0.466 e. The van der Waals surface area contributed by atoms with Gasteiger partial charge in [0.1, 0.15) is 0 Å². The van der Waals surface area contributed by atoms with Crippen molar-refractivity contribution < 1.29 is 19.1 Å². The van der Waals surface area contributed by atoms with Crippen LogP contribution in [0.3, 0.4) is 0 Å². The molecule has 98 valence electrons. The number of hydrogen-bond acceptors (Lipinski definition) is 6. The van der Waals surface area contributed by atoms with Gasteiger partial charge in [-0.15, -0.1) is 0 Å². The molecule has 0 saturated carbocycles. The number of nitrogens with one attached hydrogen (secondary N) is 1. The van der Waals surface area contributed by atoms with E-state index in [0.717, 1.165) is 22.8 Å². The Hall–Kier alpha value is -2.03. The molecule has 0 spiro atoms. The number of primary amides is 1. The molecule has 9 heteroatoms. The number of nitrogens with zero attached hydrogens (tertiary/aromatic N) is 2. The third-order valence-electron chi connectivity index (χ3n) is 1.77. The lowest BCUT2D eigenvalue weighted by atomic mass is 10.4. The van der Waals surface area contributed by atoms with Crippen LogP contribution in [0.4, 0.5) is 4.79 Å². The molecule has 0 radical (unpaired) electrons. The number of thioether (sulfide) groups is 1. The van der Waals surface area contributed by atoms with Gasteiger partial charge in [0.2, 0.25) is 0 Å². The zero-order valence-electron chi connectivity index (χ0n) is 9.80. The zero-order chi connectivity index (χ0) is 13.7. The summed E-state index contributed by atoms with van der Waals surface area (Å²) in [7, 11) is 1.20. The van der Waals surface area contributed by atoms with Gasteiger partial charge in [0.05, 0.1) is 12.0 Å². The molecule has 0 aromatic rings. The molecule has 1 fully saturated rings. The number of ether oxygens (including phenoxy) is 1. The van der Waals surface area contributed by atoms with Crippen LogP contribution in [-0.4, -0.2) is 41.7 Å². The number of carbonyl (C=O) groups is 3. The van der Waals surface area contributed by atoms with Gasteiger partial charge in [-0.05, 0) is 18.7 Å². The van der Waals surface area contributed by atoms with Crippen molar-refractivity contribution in [2.75, 3.05) is 13.7 Å². The third-order valence-corrected chi connectivity index (χ3v) is 2.78. The number of esters is 1. The Labute approximate surface area is 107 Å². The minimum Gasteiger partial charge on any atom is -0.466 e. The fraction of sp³-hybridized carbons (Fsp3) is 0.333. The van der Waals surface area contributed by atoms with Crippen molar-refractivity contribution in [2.24, 2.45) is 10.7 Å². The normalized spacial score (nSPS) is 19.4. The highest BCUT2D eigenvalue weighted by atomic mass is 32.2. The molecule has 1 saturated heterocycles. The first-order chi connectivity index (χ1) is 8.49. The third kappa shape index (κ3) is 3.23. The van der Waals surface area contributed by atoms with Crippen molar-refractivity contribution in [1.82, 2.24) is 10.4 Å². The smallest absolute Gasteiger partial charge is 0.331 e. The molecule has 0 aromatic carbocycles. The highest BCUT2D eigenvalue weighted by molar-refractivity contribution is 8.18. The van der Waals surface area contributed by atoms with Gasteiger partial charge in [-0.2, -0.15) is 5.01 Å². The molecule has 1 heterocycles. The molecular formula is C9H12N4O4S. The van der Waals surface area contributed by atoms with Crippen LogP contribution in [0.5, 0.6) is 0 Å². The van der Waals surface area contributed by atoms with Crippen LogP contribution < -0.4 is 11.2 Å². The van der Waals surface area contributed by atoms with Crippen molar-refractivity contribution >= 4 is 34.8 Å². The second-order valence-electron chi connectivity index (χ2n) is 3.01. The van der Waals surface area contributed by atoms with E-state index < -0.39 is 17.9 Å². The SMILES string of the molecule is CCN=C1SC(=CC(=O)OC)C(=O)N1NC(N)=O.